The summed E-state index contributed by atoms with van der Waals surface area (Å²) in [5, 5.41) is 9.63. The van der Waals surface area contributed by atoms with Crippen molar-refractivity contribution in [2.75, 3.05) is 4.90 Å². The predicted molar refractivity (Wildman–Crippen MR) is 83.5 cm³/mol. The average Bonchev–Trinajstić information content (AvgIpc) is 2.53. The second kappa shape index (κ2) is 5.79. The molecule has 4 nitrogen and oxygen atoms in total. The summed E-state index contributed by atoms with van der Waals surface area (Å²) in [6.45, 7) is 6.69. The lowest BCUT2D eigenvalue weighted by Gasteiger charge is -2.38. The maximum Gasteiger partial charge on any atom is 0.416 e. The average molecular weight is 343 g/mol. The molecule has 1 aromatic rings. The largest absolute Gasteiger partial charge is 0.465 e. The Morgan fingerprint density at radius 3 is 2.29 bits per heavy atom. The molecule has 24 heavy (non-hydrogen) atoms. The minimum Gasteiger partial charge on any atom is -0.465 e. The normalized spacial score (nSPS) is 19.0. The van der Waals surface area contributed by atoms with Crippen LogP contribution in [0.4, 0.5) is 23.7 Å². The summed E-state index contributed by atoms with van der Waals surface area (Å²) in [6.07, 6.45) is -5.61. The number of carbonyl (C=O) groups is 2. The predicted octanol–water partition coefficient (Wildman–Crippen LogP) is 4.89. The number of carbonyl (C=O) groups excluding carboxylic acids is 1. The monoisotopic (exact) mass is 343 g/mol. The van der Waals surface area contributed by atoms with E-state index >= 15 is 0 Å². The molecule has 0 spiro atoms. The molecular weight excluding hydrogens is 323 g/mol. The van der Waals surface area contributed by atoms with Crippen molar-refractivity contribution in [2.45, 2.75) is 52.8 Å². The van der Waals surface area contributed by atoms with Crippen LogP contribution in [0.5, 0.6) is 0 Å². The number of anilines is 1. The molecule has 1 amide bonds. The highest BCUT2D eigenvalue weighted by Crippen LogP contribution is 2.41. The van der Waals surface area contributed by atoms with E-state index in [1.54, 1.807) is 0 Å². The quantitative estimate of drug-likeness (QED) is 0.730. The first-order chi connectivity index (χ1) is 10.8. The van der Waals surface area contributed by atoms with Crippen molar-refractivity contribution in [3.05, 3.63) is 28.8 Å². The summed E-state index contributed by atoms with van der Waals surface area (Å²) in [5.41, 5.74) is -1.68. The molecule has 0 aliphatic carbocycles. The van der Waals surface area contributed by atoms with Crippen LogP contribution in [0.2, 0.25) is 0 Å². The molecule has 0 radical (unpaired) electrons. The molecule has 1 atom stereocenters. The van der Waals surface area contributed by atoms with Crippen LogP contribution in [-0.4, -0.2) is 23.0 Å². The van der Waals surface area contributed by atoms with E-state index < -0.39 is 29.3 Å². The van der Waals surface area contributed by atoms with Crippen molar-refractivity contribution in [3.8, 4) is 0 Å². The van der Waals surface area contributed by atoms with E-state index in [-0.39, 0.29) is 35.4 Å². The number of alkyl halides is 3. The smallest absolute Gasteiger partial charge is 0.416 e. The highest BCUT2D eigenvalue weighted by molar-refractivity contribution is 6.06. The van der Waals surface area contributed by atoms with Crippen molar-refractivity contribution >= 4 is 17.6 Å². The van der Waals surface area contributed by atoms with E-state index in [1.807, 2.05) is 20.8 Å². The van der Waals surface area contributed by atoms with Gasteiger partial charge in [-0.2, -0.15) is 13.2 Å². The van der Waals surface area contributed by atoms with Gasteiger partial charge in [0.2, 0.25) is 0 Å². The Labute approximate surface area is 138 Å². The SMILES string of the molecule is Cc1cc2c(cc1C(F)(F)F)N(C(=O)O)C(C(C)(C)C)CCC2=O. The van der Waals surface area contributed by atoms with Crippen molar-refractivity contribution in [1.82, 2.24) is 0 Å². The number of aryl methyl sites for hydroxylation is 1. The zero-order valence-corrected chi connectivity index (χ0v) is 14.0. The molecule has 0 saturated heterocycles. The maximum absolute atomic E-state index is 13.2. The summed E-state index contributed by atoms with van der Waals surface area (Å²) in [4.78, 5) is 25.1. The van der Waals surface area contributed by atoms with Gasteiger partial charge in [0.25, 0.3) is 0 Å². The van der Waals surface area contributed by atoms with Crippen LogP contribution in [0.3, 0.4) is 0 Å². The Hall–Kier alpha value is -2.05. The Morgan fingerprint density at radius 1 is 1.25 bits per heavy atom. The fourth-order valence-electron chi connectivity index (χ4n) is 3.18. The van der Waals surface area contributed by atoms with Gasteiger partial charge < -0.3 is 5.11 Å². The number of ketones is 1. The lowest BCUT2D eigenvalue weighted by Crippen LogP contribution is -2.47. The number of nitrogens with zero attached hydrogens (tertiary/aromatic N) is 1. The number of halogens is 3. The standard InChI is InChI=1S/C17H20F3NO3/c1-9-7-10-12(8-11(9)17(18,19)20)21(15(23)24)14(16(2,3)4)6-5-13(10)22/h7-8,14H,5-6H2,1-4H3,(H,23,24). The van der Waals surface area contributed by atoms with Gasteiger partial charge in [-0.25, -0.2) is 4.79 Å². The molecule has 1 unspecified atom stereocenters. The van der Waals surface area contributed by atoms with Gasteiger partial charge in [0.1, 0.15) is 0 Å². The minimum atomic E-state index is -4.62. The molecule has 1 aliphatic rings. The molecule has 0 aromatic heterocycles. The van der Waals surface area contributed by atoms with E-state index in [9.17, 15) is 27.9 Å². The van der Waals surface area contributed by atoms with Gasteiger partial charge in [-0.05, 0) is 36.5 Å². The second-order valence-electron chi connectivity index (χ2n) is 7.18. The summed E-state index contributed by atoms with van der Waals surface area (Å²) in [6, 6.07) is 1.35. The van der Waals surface area contributed by atoms with Gasteiger partial charge >= 0.3 is 12.3 Å². The molecule has 132 valence electrons. The van der Waals surface area contributed by atoms with Crippen molar-refractivity contribution in [2.24, 2.45) is 5.41 Å². The minimum absolute atomic E-state index is 0.0367. The number of carboxylic acid groups (broad SMARTS) is 1. The fourth-order valence-corrected chi connectivity index (χ4v) is 3.18. The zero-order chi connectivity index (χ0) is 18.4. The van der Waals surface area contributed by atoms with Gasteiger partial charge in [0.15, 0.2) is 5.78 Å². The molecule has 2 rings (SSSR count). The van der Waals surface area contributed by atoms with Crippen molar-refractivity contribution < 1.29 is 27.9 Å². The van der Waals surface area contributed by atoms with E-state index in [4.69, 9.17) is 0 Å². The first-order valence-electron chi connectivity index (χ1n) is 7.61. The Morgan fingerprint density at radius 2 is 1.83 bits per heavy atom. The van der Waals surface area contributed by atoms with Crippen molar-refractivity contribution in [3.63, 3.8) is 0 Å². The van der Waals surface area contributed by atoms with Crippen LogP contribution in [0.25, 0.3) is 0 Å². The van der Waals surface area contributed by atoms with E-state index in [0.717, 1.165) is 17.0 Å². The maximum atomic E-state index is 13.2. The molecule has 7 heteroatoms. The first-order valence-corrected chi connectivity index (χ1v) is 7.61. The first kappa shape index (κ1) is 18.3. The lowest BCUT2D eigenvalue weighted by molar-refractivity contribution is -0.138. The molecule has 1 heterocycles. The number of hydrogen-bond acceptors (Lipinski definition) is 2. The number of fused-ring (bicyclic) bond motifs is 1. The Bertz CT molecular complexity index is 690. The van der Waals surface area contributed by atoms with Gasteiger partial charge in [-0.3, -0.25) is 9.69 Å². The fraction of sp³-hybridized carbons (Fsp3) is 0.529. The topological polar surface area (TPSA) is 57.6 Å². The summed E-state index contributed by atoms with van der Waals surface area (Å²) < 4.78 is 39.7. The highest BCUT2D eigenvalue weighted by atomic mass is 19.4. The molecule has 1 aromatic carbocycles. The van der Waals surface area contributed by atoms with E-state index in [0.29, 0.717) is 0 Å². The zero-order valence-electron chi connectivity index (χ0n) is 14.0. The third-order valence-electron chi connectivity index (χ3n) is 4.37. The number of Topliss-reactive ketones (excluding diaryl/α,β-unsaturated/α-hetero) is 1. The van der Waals surface area contributed by atoms with Crippen LogP contribution in [0.15, 0.2) is 12.1 Å². The molecule has 0 bridgehead atoms. The molecule has 0 fully saturated rings. The van der Waals surface area contributed by atoms with Gasteiger partial charge in [0.05, 0.1) is 11.3 Å². The van der Waals surface area contributed by atoms with Gasteiger partial charge in [-0.1, -0.05) is 20.8 Å². The Kier molecular flexibility index (Phi) is 4.41. The van der Waals surface area contributed by atoms with Crippen LogP contribution in [0, 0.1) is 12.3 Å². The number of benzene rings is 1. The van der Waals surface area contributed by atoms with E-state index in [2.05, 4.69) is 0 Å². The summed E-state index contributed by atoms with van der Waals surface area (Å²) >= 11 is 0. The highest BCUT2D eigenvalue weighted by Gasteiger charge is 2.41. The third kappa shape index (κ3) is 3.25. The lowest BCUT2D eigenvalue weighted by atomic mass is 9.83. The van der Waals surface area contributed by atoms with Crippen LogP contribution >= 0.6 is 0 Å². The number of amides is 1. The summed E-state index contributed by atoms with van der Waals surface area (Å²) in [5.74, 6) is -0.333. The van der Waals surface area contributed by atoms with Gasteiger partial charge in [-0.15, -0.1) is 0 Å². The van der Waals surface area contributed by atoms with Crippen molar-refractivity contribution in [1.29, 1.82) is 0 Å². The van der Waals surface area contributed by atoms with Crippen LogP contribution in [0.1, 0.15) is 55.1 Å². The molecular formula is C17H20F3NO3. The number of rotatable bonds is 0. The Balaban J connectivity index is 2.77. The van der Waals surface area contributed by atoms with E-state index in [1.165, 1.54) is 6.92 Å². The molecule has 1 N–H and O–H groups in total. The van der Waals surface area contributed by atoms with Crippen LogP contribution < -0.4 is 4.90 Å². The summed E-state index contributed by atoms with van der Waals surface area (Å²) in [7, 11) is 0. The van der Waals surface area contributed by atoms with Gasteiger partial charge in [0, 0.05) is 18.0 Å². The second-order valence-corrected chi connectivity index (χ2v) is 7.18. The number of hydrogen-bond donors (Lipinski definition) is 1. The van der Waals surface area contributed by atoms with Crippen LogP contribution in [-0.2, 0) is 6.18 Å². The molecule has 0 saturated carbocycles. The molecule has 1 aliphatic heterocycles. The third-order valence-corrected chi connectivity index (χ3v) is 4.37.